The summed E-state index contributed by atoms with van der Waals surface area (Å²) in [4.78, 5) is 2.58. The average Bonchev–Trinajstić information content (AvgIpc) is 2.79. The van der Waals surface area contributed by atoms with Crippen molar-refractivity contribution in [1.29, 1.82) is 0 Å². The molecule has 0 radical (unpaired) electrons. The zero-order valence-corrected chi connectivity index (χ0v) is 7.69. The molecule has 0 unspecified atom stereocenters. The lowest BCUT2D eigenvalue weighted by atomic mass is 9.89. The third kappa shape index (κ3) is 2.48. The number of hydrogen-bond donors (Lipinski definition) is 1. The Labute approximate surface area is 77.5 Å². The van der Waals surface area contributed by atoms with Gasteiger partial charge in [0.15, 0.2) is 0 Å². The van der Waals surface area contributed by atoms with E-state index in [1.165, 1.54) is 45.2 Å². The van der Waals surface area contributed by atoms with Gasteiger partial charge >= 0.3 is 0 Å². The summed E-state index contributed by atoms with van der Waals surface area (Å²) < 4.78 is 0. The van der Waals surface area contributed by atoms with E-state index in [0.29, 0.717) is 0 Å². The summed E-state index contributed by atoms with van der Waals surface area (Å²) in [6.45, 7) is 4.18. The minimum atomic E-state index is 1.11. The Kier molecular flexibility index (Phi) is 2.86. The van der Waals surface area contributed by atoms with Crippen LogP contribution in [0.25, 0.3) is 0 Å². The summed E-state index contributed by atoms with van der Waals surface area (Å²) in [7, 11) is 0. The van der Waals surface area contributed by atoms with E-state index in [4.69, 9.17) is 0 Å². The maximum atomic E-state index is 3.31. The number of nitrogens with zero attached hydrogens (tertiary/aromatic N) is 4. The number of aromatic amines is 1. The highest BCUT2D eigenvalue weighted by atomic mass is 15.5. The van der Waals surface area contributed by atoms with Gasteiger partial charge in [-0.3, -0.25) is 0 Å². The largest absolute Gasteiger partial charge is 0.303 e. The van der Waals surface area contributed by atoms with Gasteiger partial charge in [-0.1, -0.05) is 0 Å². The predicted molar refractivity (Wildman–Crippen MR) is 48.0 cm³/mol. The fourth-order valence-corrected chi connectivity index (χ4v) is 1.99. The van der Waals surface area contributed by atoms with E-state index in [1.807, 2.05) is 0 Å². The molecule has 5 heteroatoms. The molecule has 1 aromatic heterocycles. The second kappa shape index (κ2) is 4.32. The molecule has 0 amide bonds. The first kappa shape index (κ1) is 8.62. The Morgan fingerprint density at radius 1 is 1.15 bits per heavy atom. The van der Waals surface area contributed by atoms with E-state index in [0.717, 1.165) is 5.92 Å². The second-order valence-electron chi connectivity index (χ2n) is 3.64. The van der Waals surface area contributed by atoms with Gasteiger partial charge in [-0.05, 0) is 55.2 Å². The molecule has 3 fully saturated rings. The lowest BCUT2D eigenvalue weighted by molar-refractivity contribution is 0.111. The maximum Gasteiger partial charge on any atom is 0.135 e. The molecule has 4 rings (SSSR count). The van der Waals surface area contributed by atoms with Crippen LogP contribution in [-0.2, 0) is 0 Å². The van der Waals surface area contributed by atoms with Crippen LogP contribution in [-0.4, -0.2) is 45.2 Å². The van der Waals surface area contributed by atoms with Crippen molar-refractivity contribution in [3.8, 4) is 0 Å². The summed E-state index contributed by atoms with van der Waals surface area (Å²) >= 11 is 0. The first-order valence-corrected chi connectivity index (χ1v) is 4.84. The van der Waals surface area contributed by atoms with Crippen LogP contribution in [0.5, 0.6) is 0 Å². The normalized spacial score (nSPS) is 30.8. The Morgan fingerprint density at radius 2 is 1.85 bits per heavy atom. The van der Waals surface area contributed by atoms with E-state index in [2.05, 4.69) is 25.5 Å². The first-order chi connectivity index (χ1) is 6.45. The fourth-order valence-electron chi connectivity index (χ4n) is 1.99. The minimum absolute atomic E-state index is 1.11. The molecule has 3 aliphatic heterocycles. The molecule has 0 aliphatic carbocycles. The molecule has 13 heavy (non-hydrogen) atoms. The summed E-state index contributed by atoms with van der Waals surface area (Å²) in [5.41, 5.74) is 0. The lowest BCUT2D eigenvalue weighted by Crippen LogP contribution is -2.41. The molecule has 0 aromatic carbocycles. The predicted octanol–water partition coefficient (Wildman–Crippen LogP) is 0.302. The molecule has 3 saturated heterocycles. The SMILES string of the molecule is C1CN2CCC1CC2.c1nnn[nH]1. The number of hydrogen-bond acceptors (Lipinski definition) is 4. The lowest BCUT2D eigenvalue weighted by Gasteiger charge is -2.38. The van der Waals surface area contributed by atoms with Crippen LogP contribution in [0.2, 0.25) is 0 Å². The number of rotatable bonds is 0. The van der Waals surface area contributed by atoms with Gasteiger partial charge in [0.05, 0.1) is 0 Å². The van der Waals surface area contributed by atoms with Gasteiger partial charge in [-0.25, -0.2) is 5.10 Å². The van der Waals surface area contributed by atoms with Crippen molar-refractivity contribution in [3.05, 3.63) is 6.33 Å². The summed E-state index contributed by atoms with van der Waals surface area (Å²) in [6, 6.07) is 0. The molecule has 0 atom stereocenters. The fraction of sp³-hybridized carbons (Fsp3) is 0.875. The Hall–Kier alpha value is -0.970. The van der Waals surface area contributed by atoms with E-state index < -0.39 is 0 Å². The number of H-pyrrole nitrogens is 1. The van der Waals surface area contributed by atoms with Crippen molar-refractivity contribution < 1.29 is 0 Å². The quantitative estimate of drug-likeness (QED) is 0.625. The third-order valence-corrected chi connectivity index (χ3v) is 2.83. The molecule has 5 nitrogen and oxygen atoms in total. The van der Waals surface area contributed by atoms with Gasteiger partial charge < -0.3 is 4.90 Å². The van der Waals surface area contributed by atoms with E-state index >= 15 is 0 Å². The highest BCUT2D eigenvalue weighted by Crippen LogP contribution is 2.26. The highest BCUT2D eigenvalue weighted by molar-refractivity contribution is 4.78. The monoisotopic (exact) mass is 181 g/mol. The minimum Gasteiger partial charge on any atom is -0.303 e. The van der Waals surface area contributed by atoms with E-state index in [1.54, 1.807) is 0 Å². The van der Waals surface area contributed by atoms with Crippen LogP contribution >= 0.6 is 0 Å². The molecule has 1 N–H and O–H groups in total. The van der Waals surface area contributed by atoms with Crippen molar-refractivity contribution in [2.45, 2.75) is 19.3 Å². The van der Waals surface area contributed by atoms with Crippen molar-refractivity contribution in [2.24, 2.45) is 5.92 Å². The Morgan fingerprint density at radius 3 is 2.00 bits per heavy atom. The molecular formula is C8H15N5. The maximum absolute atomic E-state index is 3.31. The number of aromatic nitrogens is 4. The zero-order valence-electron chi connectivity index (χ0n) is 7.69. The number of tetrazole rings is 1. The van der Waals surface area contributed by atoms with Crippen LogP contribution in [0.15, 0.2) is 6.33 Å². The van der Waals surface area contributed by atoms with Crippen molar-refractivity contribution in [3.63, 3.8) is 0 Å². The average molecular weight is 181 g/mol. The van der Waals surface area contributed by atoms with Crippen LogP contribution < -0.4 is 0 Å². The van der Waals surface area contributed by atoms with Crippen LogP contribution in [0.3, 0.4) is 0 Å². The van der Waals surface area contributed by atoms with Crippen LogP contribution in [0.4, 0.5) is 0 Å². The Bertz CT molecular complexity index is 174. The summed E-state index contributed by atoms with van der Waals surface area (Å²) in [5.74, 6) is 1.11. The number of piperidine rings is 3. The van der Waals surface area contributed by atoms with Gasteiger partial charge in [0.1, 0.15) is 6.33 Å². The van der Waals surface area contributed by atoms with Gasteiger partial charge in [0.2, 0.25) is 0 Å². The molecule has 2 bridgehead atoms. The topological polar surface area (TPSA) is 57.7 Å². The number of fused-ring (bicyclic) bond motifs is 3. The van der Waals surface area contributed by atoms with Gasteiger partial charge in [0.25, 0.3) is 0 Å². The van der Waals surface area contributed by atoms with Crippen molar-refractivity contribution in [1.82, 2.24) is 25.5 Å². The number of nitrogens with one attached hydrogen (secondary N) is 1. The van der Waals surface area contributed by atoms with Gasteiger partial charge in [-0.2, -0.15) is 0 Å². The van der Waals surface area contributed by atoms with E-state index in [9.17, 15) is 0 Å². The molecule has 0 saturated carbocycles. The zero-order chi connectivity index (χ0) is 8.93. The molecule has 1 aromatic rings. The van der Waals surface area contributed by atoms with Gasteiger partial charge in [0, 0.05) is 0 Å². The van der Waals surface area contributed by atoms with E-state index in [-0.39, 0.29) is 0 Å². The summed E-state index contributed by atoms with van der Waals surface area (Å²) in [5, 5.41) is 12.1. The smallest absolute Gasteiger partial charge is 0.135 e. The molecule has 72 valence electrons. The Balaban J connectivity index is 0.000000113. The van der Waals surface area contributed by atoms with Crippen LogP contribution in [0, 0.1) is 5.92 Å². The van der Waals surface area contributed by atoms with Crippen molar-refractivity contribution >= 4 is 0 Å². The molecule has 3 aliphatic rings. The second-order valence-corrected chi connectivity index (χ2v) is 3.64. The first-order valence-electron chi connectivity index (χ1n) is 4.84. The standard InChI is InChI=1S/C7H13N.CH2N4/c1-4-8-5-2-7(1)3-6-8;1-2-4-5-3-1/h7H,1-6H2;1H,(H,2,3,4,5). The van der Waals surface area contributed by atoms with Crippen molar-refractivity contribution in [2.75, 3.05) is 19.6 Å². The molecule has 0 spiro atoms. The summed E-state index contributed by atoms with van der Waals surface area (Å²) in [6.07, 6.45) is 5.86. The highest BCUT2D eigenvalue weighted by Gasteiger charge is 2.24. The third-order valence-electron chi connectivity index (χ3n) is 2.83. The molecule has 4 heterocycles. The van der Waals surface area contributed by atoms with Crippen LogP contribution in [0.1, 0.15) is 19.3 Å². The molecular weight excluding hydrogens is 166 g/mol. The van der Waals surface area contributed by atoms with Gasteiger partial charge in [-0.15, -0.1) is 5.10 Å².